The molecule has 0 aliphatic heterocycles. The molecule has 1 aliphatic rings. The summed E-state index contributed by atoms with van der Waals surface area (Å²) in [6, 6.07) is 3.50. The summed E-state index contributed by atoms with van der Waals surface area (Å²) in [5, 5.41) is 2.71. The van der Waals surface area contributed by atoms with E-state index in [0.29, 0.717) is 12.8 Å². The van der Waals surface area contributed by atoms with Crippen LogP contribution in [0.4, 0.5) is 29.2 Å². The van der Waals surface area contributed by atoms with Crippen molar-refractivity contribution in [2.45, 2.75) is 68.5 Å². The van der Waals surface area contributed by atoms with Crippen LogP contribution < -0.4 is 5.32 Å². The minimum absolute atomic E-state index is 0.0301. The van der Waals surface area contributed by atoms with Gasteiger partial charge in [0.1, 0.15) is 11.9 Å². The maximum Gasteiger partial charge on any atom is 0.389 e. The highest BCUT2D eigenvalue weighted by atomic mass is 32.2. The lowest BCUT2D eigenvalue weighted by atomic mass is 10.0. The maximum absolute atomic E-state index is 14.2. The van der Waals surface area contributed by atoms with Gasteiger partial charge in [-0.25, -0.2) is 22.8 Å². The van der Waals surface area contributed by atoms with E-state index in [4.69, 9.17) is 4.74 Å². The Morgan fingerprint density at radius 2 is 1.91 bits per heavy atom. The highest BCUT2D eigenvalue weighted by molar-refractivity contribution is 7.90. The van der Waals surface area contributed by atoms with Gasteiger partial charge in [0, 0.05) is 31.5 Å². The van der Waals surface area contributed by atoms with Gasteiger partial charge in [0.05, 0.1) is 10.6 Å². The number of rotatable bonds is 9. The molecule has 0 amide bonds. The predicted octanol–water partition coefficient (Wildman–Crippen LogP) is 5.31. The molecule has 1 saturated carbocycles. The fourth-order valence-corrected chi connectivity index (χ4v) is 4.65. The molecule has 7 nitrogen and oxygen atoms in total. The molecular formula is C23H27F4N3O4S. The predicted molar refractivity (Wildman–Crippen MR) is 120 cm³/mol. The van der Waals surface area contributed by atoms with E-state index in [2.05, 4.69) is 15.3 Å². The minimum atomic E-state index is -4.24. The third-order valence-electron chi connectivity index (χ3n) is 5.86. The van der Waals surface area contributed by atoms with Crippen molar-refractivity contribution < 1.29 is 35.5 Å². The molecule has 1 fully saturated rings. The summed E-state index contributed by atoms with van der Waals surface area (Å²) in [6.07, 6.45) is 0.681. The van der Waals surface area contributed by atoms with Crippen LogP contribution in [0.5, 0.6) is 0 Å². The van der Waals surface area contributed by atoms with Crippen molar-refractivity contribution in [2.75, 3.05) is 11.6 Å². The van der Waals surface area contributed by atoms with E-state index in [0.717, 1.165) is 24.3 Å². The largest absolute Gasteiger partial charge is 0.462 e. The number of aromatic nitrogens is 2. The van der Waals surface area contributed by atoms with E-state index in [1.165, 1.54) is 19.1 Å². The summed E-state index contributed by atoms with van der Waals surface area (Å²) in [4.78, 5) is 20.3. The Kier molecular flexibility index (Phi) is 8.34. The van der Waals surface area contributed by atoms with Gasteiger partial charge in [0.2, 0.25) is 5.95 Å². The second kappa shape index (κ2) is 10.9. The zero-order chi connectivity index (χ0) is 25.8. The van der Waals surface area contributed by atoms with Gasteiger partial charge in [0.25, 0.3) is 0 Å². The Hall–Kier alpha value is -2.76. The van der Waals surface area contributed by atoms with Crippen LogP contribution in [-0.2, 0) is 19.4 Å². The number of nitrogens with zero attached hydrogens (tertiary/aromatic N) is 2. The van der Waals surface area contributed by atoms with Crippen LogP contribution in [0.2, 0.25) is 0 Å². The fourth-order valence-electron chi connectivity index (χ4n) is 4.02. The minimum Gasteiger partial charge on any atom is -0.462 e. The molecule has 12 heteroatoms. The summed E-state index contributed by atoms with van der Waals surface area (Å²) in [6.45, 7) is 1.46. The van der Waals surface area contributed by atoms with Gasteiger partial charge >= 0.3 is 12.1 Å². The van der Waals surface area contributed by atoms with Crippen molar-refractivity contribution in [3.8, 4) is 0 Å². The van der Waals surface area contributed by atoms with Crippen LogP contribution in [0.25, 0.3) is 0 Å². The normalized spacial score (nSPS) is 19.4. The zero-order valence-electron chi connectivity index (χ0n) is 19.3. The molecular weight excluding hydrogens is 490 g/mol. The second-order valence-electron chi connectivity index (χ2n) is 8.96. The van der Waals surface area contributed by atoms with Crippen molar-refractivity contribution in [2.24, 2.45) is 5.92 Å². The molecule has 0 bridgehead atoms. The third-order valence-corrected chi connectivity index (χ3v) is 6.97. The number of halogens is 4. The van der Waals surface area contributed by atoms with Crippen molar-refractivity contribution in [1.82, 2.24) is 9.97 Å². The highest BCUT2D eigenvalue weighted by Crippen LogP contribution is 2.36. The first kappa shape index (κ1) is 26.8. The van der Waals surface area contributed by atoms with E-state index in [-0.39, 0.29) is 41.4 Å². The lowest BCUT2D eigenvalue weighted by Gasteiger charge is -2.16. The Labute approximate surface area is 201 Å². The molecule has 1 aliphatic carbocycles. The van der Waals surface area contributed by atoms with E-state index >= 15 is 0 Å². The molecule has 0 saturated heterocycles. The SMILES string of the molecule is C[C@H](CCC(=O)O[C@H]1CC[C@@H](c2cnc(Nc3ccc(S(C)(=O)=O)cc3F)nc2)C1)CC(F)(F)F. The quantitative estimate of drug-likeness (QED) is 0.356. The van der Waals surface area contributed by atoms with E-state index in [9.17, 15) is 30.8 Å². The molecule has 3 rings (SSSR count). The molecule has 1 heterocycles. The first-order chi connectivity index (χ1) is 16.3. The van der Waals surface area contributed by atoms with E-state index in [1.807, 2.05) is 0 Å². The highest BCUT2D eigenvalue weighted by Gasteiger charge is 2.31. The Morgan fingerprint density at radius 3 is 2.51 bits per heavy atom. The van der Waals surface area contributed by atoms with Crippen LogP contribution in [0.1, 0.15) is 56.9 Å². The number of carbonyl (C=O) groups is 1. The van der Waals surface area contributed by atoms with Crippen molar-refractivity contribution in [3.63, 3.8) is 0 Å². The topological polar surface area (TPSA) is 98.2 Å². The van der Waals surface area contributed by atoms with Crippen LogP contribution in [0.3, 0.4) is 0 Å². The van der Waals surface area contributed by atoms with Crippen LogP contribution in [-0.4, -0.2) is 42.9 Å². The molecule has 1 N–H and O–H groups in total. The molecule has 1 aromatic heterocycles. The maximum atomic E-state index is 14.2. The first-order valence-electron chi connectivity index (χ1n) is 11.1. The van der Waals surface area contributed by atoms with Gasteiger partial charge < -0.3 is 10.1 Å². The summed E-state index contributed by atoms with van der Waals surface area (Å²) >= 11 is 0. The second-order valence-corrected chi connectivity index (χ2v) is 11.0. The Morgan fingerprint density at radius 1 is 1.23 bits per heavy atom. The summed E-state index contributed by atoms with van der Waals surface area (Å²) in [7, 11) is -3.53. The van der Waals surface area contributed by atoms with Gasteiger partial charge in [-0.05, 0) is 61.3 Å². The number of carbonyl (C=O) groups excluding carboxylic acids is 1. The number of anilines is 2. The van der Waals surface area contributed by atoms with Gasteiger partial charge in [-0.2, -0.15) is 13.2 Å². The molecule has 3 atom stereocenters. The number of esters is 1. The molecule has 2 aromatic rings. The summed E-state index contributed by atoms with van der Waals surface area (Å²) in [5.74, 6) is -1.71. The number of sulfone groups is 1. The average molecular weight is 518 g/mol. The smallest absolute Gasteiger partial charge is 0.389 e. The van der Waals surface area contributed by atoms with Crippen molar-refractivity contribution in [3.05, 3.63) is 42.0 Å². The summed E-state index contributed by atoms with van der Waals surface area (Å²) < 4.78 is 79.9. The average Bonchev–Trinajstić information content (AvgIpc) is 3.20. The number of nitrogens with one attached hydrogen (secondary N) is 1. The zero-order valence-corrected chi connectivity index (χ0v) is 20.1. The van der Waals surface area contributed by atoms with Crippen molar-refractivity contribution in [1.29, 1.82) is 0 Å². The first-order valence-corrected chi connectivity index (χ1v) is 13.0. The van der Waals surface area contributed by atoms with Gasteiger partial charge in [-0.15, -0.1) is 0 Å². The molecule has 35 heavy (non-hydrogen) atoms. The molecule has 192 valence electrons. The number of hydrogen-bond acceptors (Lipinski definition) is 7. The Bertz CT molecular complexity index is 1140. The number of alkyl halides is 3. The van der Waals surface area contributed by atoms with Gasteiger partial charge in [0.15, 0.2) is 9.84 Å². The number of benzene rings is 1. The van der Waals surface area contributed by atoms with E-state index in [1.54, 1.807) is 12.4 Å². The summed E-state index contributed by atoms with van der Waals surface area (Å²) in [5.41, 5.74) is 0.850. The Balaban J connectivity index is 1.49. The third kappa shape index (κ3) is 8.15. The van der Waals surface area contributed by atoms with E-state index < -0.39 is 40.1 Å². The lowest BCUT2D eigenvalue weighted by molar-refractivity contribution is -0.152. The van der Waals surface area contributed by atoms with Crippen LogP contribution in [0.15, 0.2) is 35.5 Å². The fraction of sp³-hybridized carbons (Fsp3) is 0.522. The van der Waals surface area contributed by atoms with Crippen LogP contribution >= 0.6 is 0 Å². The number of hydrogen-bond donors (Lipinski definition) is 1. The van der Waals surface area contributed by atoms with Gasteiger partial charge in [-0.3, -0.25) is 4.79 Å². The molecule has 0 spiro atoms. The number of ether oxygens (including phenoxy) is 1. The monoisotopic (exact) mass is 517 g/mol. The lowest BCUT2D eigenvalue weighted by Crippen LogP contribution is -2.17. The molecule has 0 radical (unpaired) electrons. The van der Waals surface area contributed by atoms with Crippen molar-refractivity contribution >= 4 is 27.4 Å². The standard InChI is InChI=1S/C23H27F4N3O4S/c1-14(11-23(25,26)27)3-8-21(31)34-17-5-4-15(9-17)16-12-28-22(29-13-16)30-20-7-6-18(10-19(20)24)35(2,32)33/h6-7,10,12-15,17H,3-5,8-9,11H2,1-2H3,(H,28,29,30)/t14-,15-,17+/m1/s1. The van der Waals surface area contributed by atoms with Gasteiger partial charge in [-0.1, -0.05) is 6.92 Å². The molecule has 1 aromatic carbocycles. The van der Waals surface area contributed by atoms with Crippen LogP contribution in [0, 0.1) is 11.7 Å². The molecule has 0 unspecified atom stereocenters.